The largest absolute Gasteiger partial charge is 0.396 e. The Labute approximate surface area is 92.3 Å². The summed E-state index contributed by atoms with van der Waals surface area (Å²) in [4.78, 5) is 0. The maximum atomic E-state index is 12.7. The van der Waals surface area contributed by atoms with Crippen LogP contribution in [0.2, 0.25) is 0 Å². The van der Waals surface area contributed by atoms with Crippen LogP contribution in [0, 0.1) is 5.82 Å². The molecule has 2 rings (SSSR count). The first-order valence-electron chi connectivity index (χ1n) is 5.06. The molecule has 0 aliphatic rings. The zero-order chi connectivity index (χ0) is 11.4. The fraction of sp³-hybridized carbons (Fsp3) is 0.273. The van der Waals surface area contributed by atoms with E-state index >= 15 is 0 Å². The standard InChI is InChI=1S/C11H12FN3O/c12-10-4-2-9(3-5-10)11-8-15(14-13-11)6-1-7-16/h2-5,8,16H,1,6-7H2. The van der Waals surface area contributed by atoms with Crippen molar-refractivity contribution in [3.05, 3.63) is 36.3 Å². The average Bonchev–Trinajstić information content (AvgIpc) is 2.76. The van der Waals surface area contributed by atoms with E-state index in [1.165, 1.54) is 12.1 Å². The zero-order valence-electron chi connectivity index (χ0n) is 8.67. The van der Waals surface area contributed by atoms with Crippen LogP contribution in [0.25, 0.3) is 11.3 Å². The van der Waals surface area contributed by atoms with Gasteiger partial charge >= 0.3 is 0 Å². The van der Waals surface area contributed by atoms with Crippen LogP contribution in [-0.4, -0.2) is 26.7 Å². The molecular weight excluding hydrogens is 209 g/mol. The van der Waals surface area contributed by atoms with Crippen LogP contribution >= 0.6 is 0 Å². The lowest BCUT2D eigenvalue weighted by molar-refractivity contribution is 0.276. The Kier molecular flexibility index (Phi) is 3.26. The van der Waals surface area contributed by atoms with Crippen molar-refractivity contribution < 1.29 is 9.50 Å². The fourth-order valence-corrected chi connectivity index (χ4v) is 1.39. The third kappa shape index (κ3) is 2.43. The summed E-state index contributed by atoms with van der Waals surface area (Å²) >= 11 is 0. The highest BCUT2D eigenvalue weighted by Crippen LogP contribution is 2.16. The lowest BCUT2D eigenvalue weighted by atomic mass is 10.2. The van der Waals surface area contributed by atoms with Crippen molar-refractivity contribution in [2.75, 3.05) is 6.61 Å². The summed E-state index contributed by atoms with van der Waals surface area (Å²) in [6.07, 6.45) is 2.43. The molecule has 5 heteroatoms. The van der Waals surface area contributed by atoms with Crippen LogP contribution in [-0.2, 0) is 6.54 Å². The van der Waals surface area contributed by atoms with Gasteiger partial charge in [0.15, 0.2) is 0 Å². The minimum atomic E-state index is -0.267. The molecule has 0 radical (unpaired) electrons. The van der Waals surface area contributed by atoms with Crippen LogP contribution in [0.4, 0.5) is 4.39 Å². The molecule has 0 amide bonds. The van der Waals surface area contributed by atoms with Gasteiger partial charge in [-0.3, -0.25) is 4.68 Å². The van der Waals surface area contributed by atoms with E-state index in [0.717, 1.165) is 5.56 Å². The van der Waals surface area contributed by atoms with Gasteiger partial charge in [-0.15, -0.1) is 5.10 Å². The van der Waals surface area contributed by atoms with Gasteiger partial charge in [-0.1, -0.05) is 5.21 Å². The topological polar surface area (TPSA) is 50.9 Å². The Balaban J connectivity index is 2.15. The third-order valence-corrected chi connectivity index (χ3v) is 2.22. The predicted octanol–water partition coefficient (Wildman–Crippen LogP) is 1.47. The highest BCUT2D eigenvalue weighted by molar-refractivity contribution is 5.57. The molecule has 0 aliphatic heterocycles. The number of benzene rings is 1. The molecule has 0 spiro atoms. The van der Waals surface area contributed by atoms with Crippen molar-refractivity contribution >= 4 is 0 Å². The number of aliphatic hydroxyl groups excluding tert-OH is 1. The van der Waals surface area contributed by atoms with Crippen molar-refractivity contribution in [2.45, 2.75) is 13.0 Å². The van der Waals surface area contributed by atoms with E-state index in [4.69, 9.17) is 5.11 Å². The predicted molar refractivity (Wildman–Crippen MR) is 57.1 cm³/mol. The van der Waals surface area contributed by atoms with E-state index < -0.39 is 0 Å². The molecule has 4 nitrogen and oxygen atoms in total. The van der Waals surface area contributed by atoms with Gasteiger partial charge in [0.2, 0.25) is 0 Å². The number of hydrogen-bond acceptors (Lipinski definition) is 3. The first-order valence-corrected chi connectivity index (χ1v) is 5.06. The van der Waals surface area contributed by atoms with Gasteiger partial charge in [-0.2, -0.15) is 0 Å². The number of hydrogen-bond donors (Lipinski definition) is 1. The van der Waals surface area contributed by atoms with E-state index in [1.54, 1.807) is 23.0 Å². The van der Waals surface area contributed by atoms with Gasteiger partial charge in [0, 0.05) is 18.7 Å². The molecule has 16 heavy (non-hydrogen) atoms. The number of aryl methyl sites for hydroxylation is 1. The molecule has 0 saturated heterocycles. The molecule has 1 aromatic heterocycles. The Morgan fingerprint density at radius 1 is 1.25 bits per heavy atom. The maximum absolute atomic E-state index is 12.7. The van der Waals surface area contributed by atoms with Crippen LogP contribution in [0.5, 0.6) is 0 Å². The van der Waals surface area contributed by atoms with Crippen LogP contribution in [0.15, 0.2) is 30.5 Å². The van der Waals surface area contributed by atoms with E-state index in [9.17, 15) is 4.39 Å². The lowest BCUT2D eigenvalue weighted by Gasteiger charge is -1.96. The molecule has 1 aromatic carbocycles. The Hall–Kier alpha value is -1.75. The fourth-order valence-electron chi connectivity index (χ4n) is 1.39. The second-order valence-electron chi connectivity index (χ2n) is 3.45. The van der Waals surface area contributed by atoms with Crippen molar-refractivity contribution in [3.63, 3.8) is 0 Å². The van der Waals surface area contributed by atoms with E-state index in [-0.39, 0.29) is 12.4 Å². The molecule has 2 aromatic rings. The second-order valence-corrected chi connectivity index (χ2v) is 3.45. The molecule has 0 atom stereocenters. The molecule has 0 unspecified atom stereocenters. The molecule has 0 fully saturated rings. The number of halogens is 1. The number of aliphatic hydroxyl groups is 1. The highest BCUT2D eigenvalue weighted by atomic mass is 19.1. The van der Waals surface area contributed by atoms with Gasteiger partial charge in [-0.05, 0) is 30.7 Å². The quantitative estimate of drug-likeness (QED) is 0.850. The first kappa shape index (κ1) is 10.8. The van der Waals surface area contributed by atoms with Gasteiger partial charge < -0.3 is 5.11 Å². The molecule has 1 N–H and O–H groups in total. The molecule has 1 heterocycles. The highest BCUT2D eigenvalue weighted by Gasteiger charge is 2.03. The first-order chi connectivity index (χ1) is 7.79. The van der Waals surface area contributed by atoms with E-state index in [0.29, 0.717) is 18.7 Å². The smallest absolute Gasteiger partial charge is 0.123 e. The summed E-state index contributed by atoms with van der Waals surface area (Å²) in [5.41, 5.74) is 1.54. The summed E-state index contributed by atoms with van der Waals surface area (Å²) in [6.45, 7) is 0.760. The van der Waals surface area contributed by atoms with Crippen molar-refractivity contribution in [3.8, 4) is 11.3 Å². The molecule has 0 saturated carbocycles. The monoisotopic (exact) mass is 221 g/mol. The van der Waals surface area contributed by atoms with Crippen molar-refractivity contribution in [2.24, 2.45) is 0 Å². The molecule has 84 valence electrons. The van der Waals surface area contributed by atoms with Gasteiger partial charge in [0.25, 0.3) is 0 Å². The Morgan fingerprint density at radius 3 is 2.69 bits per heavy atom. The molecular formula is C11H12FN3O. The van der Waals surface area contributed by atoms with Crippen LogP contribution in [0.3, 0.4) is 0 Å². The van der Waals surface area contributed by atoms with Crippen molar-refractivity contribution in [1.29, 1.82) is 0 Å². The summed E-state index contributed by atoms with van der Waals surface area (Å²) in [6, 6.07) is 6.11. The number of nitrogens with zero attached hydrogens (tertiary/aromatic N) is 3. The summed E-state index contributed by atoms with van der Waals surface area (Å²) in [5.74, 6) is -0.267. The van der Waals surface area contributed by atoms with Crippen LogP contribution in [0.1, 0.15) is 6.42 Å². The summed E-state index contributed by atoms with van der Waals surface area (Å²) in [7, 11) is 0. The third-order valence-electron chi connectivity index (χ3n) is 2.22. The summed E-state index contributed by atoms with van der Waals surface area (Å²) < 4.78 is 14.4. The normalized spacial score (nSPS) is 10.6. The van der Waals surface area contributed by atoms with Gasteiger partial charge in [0.1, 0.15) is 11.5 Å². The lowest BCUT2D eigenvalue weighted by Crippen LogP contribution is -2.00. The Morgan fingerprint density at radius 2 is 2.00 bits per heavy atom. The Bertz CT molecular complexity index is 453. The summed E-state index contributed by atoms with van der Waals surface area (Å²) in [5, 5.41) is 16.6. The molecule has 0 aliphatic carbocycles. The van der Waals surface area contributed by atoms with Crippen molar-refractivity contribution in [1.82, 2.24) is 15.0 Å². The van der Waals surface area contributed by atoms with Crippen LogP contribution < -0.4 is 0 Å². The SMILES string of the molecule is OCCCn1cc(-c2ccc(F)cc2)nn1. The molecule has 0 bridgehead atoms. The maximum Gasteiger partial charge on any atom is 0.123 e. The van der Waals surface area contributed by atoms with Gasteiger partial charge in [0.05, 0.1) is 6.20 Å². The number of aromatic nitrogens is 3. The van der Waals surface area contributed by atoms with Gasteiger partial charge in [-0.25, -0.2) is 4.39 Å². The minimum Gasteiger partial charge on any atom is -0.396 e. The van der Waals surface area contributed by atoms with E-state index in [1.807, 2.05) is 0 Å². The second kappa shape index (κ2) is 4.85. The number of rotatable bonds is 4. The minimum absolute atomic E-state index is 0.131. The van der Waals surface area contributed by atoms with E-state index in [2.05, 4.69) is 10.3 Å². The average molecular weight is 221 g/mol. The zero-order valence-corrected chi connectivity index (χ0v) is 8.67.